The third-order valence-electron chi connectivity index (χ3n) is 2.42. The zero-order chi connectivity index (χ0) is 8.55. The van der Waals surface area contributed by atoms with E-state index in [1.54, 1.807) is 11.3 Å². The number of nitrogens with zero attached hydrogens (tertiary/aromatic N) is 1. The smallest absolute Gasteiger partial charge is 0.0836 e. The first-order valence-electron chi connectivity index (χ1n) is 4.26. The van der Waals surface area contributed by atoms with E-state index in [-0.39, 0.29) is 5.92 Å². The summed E-state index contributed by atoms with van der Waals surface area (Å²) in [5, 5.41) is 11.1. The highest BCUT2D eigenvalue weighted by Gasteiger charge is 2.33. The molecule has 0 radical (unpaired) electrons. The van der Waals surface area contributed by atoms with Gasteiger partial charge in [0.15, 0.2) is 0 Å². The first-order valence-corrected chi connectivity index (χ1v) is 5.14. The molecule has 1 fully saturated rings. The topological polar surface area (TPSA) is 23.8 Å². The van der Waals surface area contributed by atoms with E-state index < -0.39 is 0 Å². The lowest BCUT2D eigenvalue weighted by Gasteiger charge is -2.04. The van der Waals surface area contributed by atoms with E-state index in [4.69, 9.17) is 5.26 Å². The van der Waals surface area contributed by atoms with Gasteiger partial charge in [0.25, 0.3) is 0 Å². The van der Waals surface area contributed by atoms with Crippen molar-refractivity contribution in [2.75, 3.05) is 0 Å². The Kier molecular flexibility index (Phi) is 1.90. The van der Waals surface area contributed by atoms with Crippen LogP contribution in [-0.4, -0.2) is 0 Å². The summed E-state index contributed by atoms with van der Waals surface area (Å²) in [5.74, 6) is 0.845. The molecule has 1 aromatic heterocycles. The second kappa shape index (κ2) is 2.91. The Hall–Kier alpha value is -0.810. The van der Waals surface area contributed by atoms with Crippen molar-refractivity contribution in [3.8, 4) is 6.07 Å². The Balaban J connectivity index is 2.27. The molecule has 0 aliphatic heterocycles. The first kappa shape index (κ1) is 7.82. The summed E-state index contributed by atoms with van der Waals surface area (Å²) < 4.78 is 0. The molecule has 1 aromatic rings. The van der Waals surface area contributed by atoms with Gasteiger partial charge >= 0.3 is 0 Å². The second-order valence-electron chi connectivity index (χ2n) is 3.41. The lowest BCUT2D eigenvalue weighted by molar-refractivity contribution is 0.749. The summed E-state index contributed by atoms with van der Waals surface area (Å²) in [5.41, 5.74) is 1.29. The van der Waals surface area contributed by atoms with E-state index >= 15 is 0 Å². The van der Waals surface area contributed by atoms with Crippen molar-refractivity contribution in [1.82, 2.24) is 0 Å². The average molecular weight is 177 g/mol. The molecule has 12 heavy (non-hydrogen) atoms. The minimum atomic E-state index is 0.185. The van der Waals surface area contributed by atoms with Gasteiger partial charge in [-0.3, -0.25) is 0 Å². The standard InChI is InChI=1S/C10H11NS/c1-7-4-5-12-10(7)9(6-11)8-2-3-8/h4-5,8-9H,2-3H2,1H3. The first-order chi connectivity index (χ1) is 5.83. The molecule has 0 N–H and O–H groups in total. The number of hydrogen-bond donors (Lipinski definition) is 0. The van der Waals surface area contributed by atoms with E-state index in [0.717, 1.165) is 0 Å². The van der Waals surface area contributed by atoms with Crippen molar-refractivity contribution in [3.05, 3.63) is 21.9 Å². The SMILES string of the molecule is Cc1ccsc1C(C#N)C1CC1. The lowest BCUT2D eigenvalue weighted by Crippen LogP contribution is -1.96. The highest BCUT2D eigenvalue weighted by Crippen LogP contribution is 2.44. The average Bonchev–Trinajstić information content (AvgIpc) is 2.80. The van der Waals surface area contributed by atoms with Crippen LogP contribution in [0, 0.1) is 24.2 Å². The largest absolute Gasteiger partial charge is 0.198 e. The molecule has 1 unspecified atom stereocenters. The molecule has 0 saturated heterocycles. The number of aryl methyl sites for hydroxylation is 1. The summed E-state index contributed by atoms with van der Waals surface area (Å²) in [6, 6.07) is 4.52. The fraction of sp³-hybridized carbons (Fsp3) is 0.500. The molecule has 1 aliphatic carbocycles. The van der Waals surface area contributed by atoms with Gasteiger partial charge in [-0.25, -0.2) is 0 Å². The summed E-state index contributed by atoms with van der Waals surface area (Å²) in [7, 11) is 0. The van der Waals surface area contributed by atoms with Gasteiger partial charge in [-0.05, 0) is 42.7 Å². The van der Waals surface area contributed by atoms with Crippen molar-refractivity contribution in [3.63, 3.8) is 0 Å². The molecule has 1 atom stereocenters. The molecule has 1 nitrogen and oxygen atoms in total. The maximum atomic E-state index is 8.99. The van der Waals surface area contributed by atoms with Gasteiger partial charge < -0.3 is 0 Å². The van der Waals surface area contributed by atoms with E-state index in [9.17, 15) is 0 Å². The minimum Gasteiger partial charge on any atom is -0.198 e. The van der Waals surface area contributed by atoms with Gasteiger partial charge in [-0.1, -0.05) is 0 Å². The molecule has 0 aromatic carbocycles. The summed E-state index contributed by atoms with van der Waals surface area (Å²) in [4.78, 5) is 1.29. The minimum absolute atomic E-state index is 0.185. The molecule has 1 saturated carbocycles. The molecule has 0 bridgehead atoms. The van der Waals surface area contributed by atoms with Crippen LogP contribution in [0.3, 0.4) is 0 Å². The van der Waals surface area contributed by atoms with E-state index in [1.165, 1.54) is 23.3 Å². The van der Waals surface area contributed by atoms with Crippen molar-refractivity contribution in [1.29, 1.82) is 5.26 Å². The van der Waals surface area contributed by atoms with Crippen LogP contribution < -0.4 is 0 Å². The van der Waals surface area contributed by atoms with Gasteiger partial charge in [0.05, 0.1) is 12.0 Å². The Morgan fingerprint density at radius 1 is 1.67 bits per heavy atom. The predicted octanol–water partition coefficient (Wildman–Crippen LogP) is 3.07. The number of thiophene rings is 1. The van der Waals surface area contributed by atoms with Crippen molar-refractivity contribution < 1.29 is 0 Å². The lowest BCUT2D eigenvalue weighted by atomic mass is 10.0. The molecule has 2 rings (SSSR count). The van der Waals surface area contributed by atoms with Crippen molar-refractivity contribution >= 4 is 11.3 Å². The number of rotatable bonds is 2. The van der Waals surface area contributed by atoms with Crippen LogP contribution in [0.1, 0.15) is 29.2 Å². The van der Waals surface area contributed by atoms with Crippen molar-refractivity contribution in [2.45, 2.75) is 25.7 Å². The second-order valence-corrected chi connectivity index (χ2v) is 4.36. The monoisotopic (exact) mass is 177 g/mol. The van der Waals surface area contributed by atoms with Crippen molar-refractivity contribution in [2.24, 2.45) is 5.92 Å². The quantitative estimate of drug-likeness (QED) is 0.681. The fourth-order valence-corrected chi connectivity index (χ4v) is 2.58. The van der Waals surface area contributed by atoms with Crippen LogP contribution in [0.2, 0.25) is 0 Å². The van der Waals surface area contributed by atoms with Crippen LogP contribution in [0.25, 0.3) is 0 Å². The van der Waals surface area contributed by atoms with Gasteiger partial charge in [0.2, 0.25) is 0 Å². The summed E-state index contributed by atoms with van der Waals surface area (Å²) in [6.07, 6.45) is 2.49. The van der Waals surface area contributed by atoms with Gasteiger partial charge in [-0.2, -0.15) is 5.26 Å². The molecule has 0 amide bonds. The van der Waals surface area contributed by atoms with Crippen LogP contribution in [0.5, 0.6) is 0 Å². The van der Waals surface area contributed by atoms with Crippen LogP contribution in [0.4, 0.5) is 0 Å². The number of nitriles is 1. The van der Waals surface area contributed by atoms with Gasteiger partial charge in [-0.15, -0.1) is 11.3 Å². The summed E-state index contributed by atoms with van der Waals surface area (Å²) >= 11 is 1.73. The molecule has 62 valence electrons. The van der Waals surface area contributed by atoms with E-state index in [2.05, 4.69) is 24.4 Å². The third-order valence-corrected chi connectivity index (χ3v) is 3.52. The fourth-order valence-electron chi connectivity index (χ4n) is 1.51. The Labute approximate surface area is 76.6 Å². The zero-order valence-electron chi connectivity index (χ0n) is 7.08. The maximum absolute atomic E-state index is 8.99. The summed E-state index contributed by atoms with van der Waals surface area (Å²) in [6.45, 7) is 2.10. The maximum Gasteiger partial charge on any atom is 0.0836 e. The van der Waals surface area contributed by atoms with Crippen LogP contribution >= 0.6 is 11.3 Å². The van der Waals surface area contributed by atoms with Gasteiger partial charge in [0.1, 0.15) is 0 Å². The molecule has 1 aliphatic rings. The Bertz CT molecular complexity index is 317. The Morgan fingerprint density at radius 3 is 2.83 bits per heavy atom. The Morgan fingerprint density at radius 2 is 2.42 bits per heavy atom. The number of hydrogen-bond acceptors (Lipinski definition) is 2. The van der Waals surface area contributed by atoms with Gasteiger partial charge in [0, 0.05) is 4.88 Å². The third kappa shape index (κ3) is 1.25. The van der Waals surface area contributed by atoms with E-state index in [1.807, 2.05) is 0 Å². The highest BCUT2D eigenvalue weighted by atomic mass is 32.1. The predicted molar refractivity (Wildman–Crippen MR) is 50.1 cm³/mol. The molecule has 2 heteroatoms. The molecular formula is C10H11NS. The van der Waals surface area contributed by atoms with Crippen LogP contribution in [0.15, 0.2) is 11.4 Å². The normalized spacial score (nSPS) is 18.7. The zero-order valence-corrected chi connectivity index (χ0v) is 7.90. The van der Waals surface area contributed by atoms with Crippen LogP contribution in [-0.2, 0) is 0 Å². The highest BCUT2D eigenvalue weighted by molar-refractivity contribution is 7.10. The molecule has 0 spiro atoms. The van der Waals surface area contributed by atoms with E-state index in [0.29, 0.717) is 5.92 Å². The molecular weight excluding hydrogens is 166 g/mol. The molecule has 1 heterocycles.